The topological polar surface area (TPSA) is 93.9 Å². The summed E-state index contributed by atoms with van der Waals surface area (Å²) in [4.78, 5) is 12.2. The van der Waals surface area contributed by atoms with Gasteiger partial charge in [0.25, 0.3) is 10.0 Å². The largest absolute Gasteiger partial charge is 0.311 e. The van der Waals surface area contributed by atoms with E-state index in [1.807, 2.05) is 13.1 Å². The molecule has 26 heavy (non-hydrogen) atoms. The normalized spacial score (nSPS) is 11.3. The molecule has 0 saturated heterocycles. The van der Waals surface area contributed by atoms with Gasteiger partial charge < -0.3 is 4.57 Å². The van der Waals surface area contributed by atoms with Crippen LogP contribution < -0.4 is 4.72 Å². The van der Waals surface area contributed by atoms with Gasteiger partial charge in [-0.05, 0) is 43.0 Å². The van der Waals surface area contributed by atoms with Crippen molar-refractivity contribution in [3.05, 3.63) is 60.4 Å². The van der Waals surface area contributed by atoms with Crippen molar-refractivity contribution in [3.63, 3.8) is 0 Å². The number of benzene rings is 2. The van der Waals surface area contributed by atoms with Gasteiger partial charge in [-0.3, -0.25) is 9.52 Å². The molecule has 0 spiro atoms. The van der Waals surface area contributed by atoms with Crippen LogP contribution in [0, 0.1) is 0 Å². The highest BCUT2D eigenvalue weighted by Gasteiger charge is 2.18. The molecule has 134 valence electrons. The summed E-state index contributed by atoms with van der Waals surface area (Å²) in [6.45, 7) is 1.39. The molecule has 2 aromatic carbocycles. The van der Waals surface area contributed by atoms with Gasteiger partial charge in [-0.25, -0.2) is 8.42 Å². The van der Waals surface area contributed by atoms with E-state index in [0.29, 0.717) is 21.3 Å². The van der Waals surface area contributed by atoms with Crippen LogP contribution in [0.2, 0.25) is 0 Å². The molecule has 7 nitrogen and oxygen atoms in total. The van der Waals surface area contributed by atoms with Gasteiger partial charge >= 0.3 is 0 Å². The van der Waals surface area contributed by atoms with E-state index in [2.05, 4.69) is 14.9 Å². The van der Waals surface area contributed by atoms with Gasteiger partial charge in [0.1, 0.15) is 6.33 Å². The number of para-hydroxylation sites is 1. The Morgan fingerprint density at radius 2 is 1.92 bits per heavy atom. The number of anilines is 1. The fourth-order valence-corrected chi connectivity index (χ4v) is 4.23. The van der Waals surface area contributed by atoms with E-state index < -0.39 is 10.0 Å². The Balaban J connectivity index is 1.92. The molecule has 0 saturated carbocycles. The average molecular weight is 388 g/mol. The quantitative estimate of drug-likeness (QED) is 0.653. The second-order valence-electron chi connectivity index (χ2n) is 5.51. The first kappa shape index (κ1) is 18.2. The third-order valence-electron chi connectivity index (χ3n) is 3.55. The van der Waals surface area contributed by atoms with Crippen molar-refractivity contribution in [2.45, 2.75) is 21.9 Å². The van der Waals surface area contributed by atoms with Crippen LogP contribution in [0.4, 0.5) is 5.69 Å². The van der Waals surface area contributed by atoms with Crippen molar-refractivity contribution >= 4 is 33.3 Å². The van der Waals surface area contributed by atoms with E-state index in [4.69, 9.17) is 0 Å². The van der Waals surface area contributed by atoms with Gasteiger partial charge in [0.2, 0.25) is 0 Å². The lowest BCUT2D eigenvalue weighted by atomic mass is 10.2. The summed E-state index contributed by atoms with van der Waals surface area (Å²) in [7, 11) is -2.03. The van der Waals surface area contributed by atoms with E-state index in [0.717, 1.165) is 0 Å². The maximum atomic E-state index is 12.7. The number of ketones is 1. The second-order valence-corrected chi connectivity index (χ2v) is 8.20. The molecule has 0 unspecified atom stereocenters. The van der Waals surface area contributed by atoms with Crippen molar-refractivity contribution in [2.24, 2.45) is 7.05 Å². The number of nitrogens with zero attached hydrogens (tertiary/aromatic N) is 3. The number of hydrogen-bond donors (Lipinski definition) is 1. The van der Waals surface area contributed by atoms with Crippen LogP contribution in [-0.2, 0) is 17.1 Å². The average Bonchev–Trinajstić information content (AvgIpc) is 3.01. The number of aryl methyl sites for hydroxylation is 1. The Hall–Kier alpha value is -2.65. The van der Waals surface area contributed by atoms with E-state index in [9.17, 15) is 13.2 Å². The van der Waals surface area contributed by atoms with Crippen LogP contribution in [0.15, 0.2) is 69.8 Å². The molecule has 0 atom stereocenters. The van der Waals surface area contributed by atoms with Crippen LogP contribution in [0.25, 0.3) is 0 Å². The number of Topliss-reactive ketones (excluding diaryl/α,β-unsaturated/α-hetero) is 1. The Labute approximate surface area is 155 Å². The number of aromatic nitrogens is 3. The highest BCUT2D eigenvalue weighted by Crippen LogP contribution is 2.33. The Morgan fingerprint density at radius 1 is 1.15 bits per heavy atom. The van der Waals surface area contributed by atoms with Crippen molar-refractivity contribution in [1.29, 1.82) is 0 Å². The summed E-state index contributed by atoms with van der Waals surface area (Å²) in [5, 5.41) is 8.45. The fraction of sp³-hybridized carbons (Fsp3) is 0.118. The molecular weight excluding hydrogens is 372 g/mol. The summed E-state index contributed by atoms with van der Waals surface area (Å²) in [5.74, 6) is -0.194. The molecule has 0 fully saturated rings. The van der Waals surface area contributed by atoms with Crippen LogP contribution in [0.5, 0.6) is 0 Å². The molecule has 0 aliphatic carbocycles. The molecule has 0 amide bonds. The lowest BCUT2D eigenvalue weighted by Gasteiger charge is -2.12. The number of nitrogens with one attached hydrogen (secondary N) is 1. The summed E-state index contributed by atoms with van der Waals surface area (Å²) in [6, 6.07) is 13.0. The highest BCUT2D eigenvalue weighted by atomic mass is 32.2. The minimum atomic E-state index is -3.84. The zero-order chi connectivity index (χ0) is 18.7. The second kappa shape index (κ2) is 7.30. The van der Waals surface area contributed by atoms with Crippen LogP contribution >= 0.6 is 11.8 Å². The zero-order valence-electron chi connectivity index (χ0n) is 14.1. The molecule has 0 aliphatic heterocycles. The molecule has 1 aromatic heterocycles. The van der Waals surface area contributed by atoms with Gasteiger partial charge in [-0.1, -0.05) is 24.3 Å². The van der Waals surface area contributed by atoms with Crippen molar-refractivity contribution in [3.8, 4) is 0 Å². The van der Waals surface area contributed by atoms with Gasteiger partial charge in [0.05, 0.1) is 10.6 Å². The monoisotopic (exact) mass is 388 g/mol. The molecule has 9 heteroatoms. The number of hydrogen-bond acceptors (Lipinski definition) is 6. The summed E-state index contributed by atoms with van der Waals surface area (Å²) in [5.41, 5.74) is 0.767. The lowest BCUT2D eigenvalue weighted by molar-refractivity contribution is 0.101. The van der Waals surface area contributed by atoms with Crippen LogP contribution in [0.1, 0.15) is 17.3 Å². The molecule has 0 bridgehead atoms. The lowest BCUT2D eigenvalue weighted by Crippen LogP contribution is -2.14. The minimum absolute atomic E-state index is 0.0312. The molecule has 0 aliphatic rings. The predicted molar refractivity (Wildman–Crippen MR) is 98.8 cm³/mol. The molecule has 1 heterocycles. The number of carbonyl (C=O) groups excluding carboxylic acids is 1. The van der Waals surface area contributed by atoms with E-state index >= 15 is 0 Å². The Kier molecular flexibility index (Phi) is 5.10. The van der Waals surface area contributed by atoms with Gasteiger partial charge in [0, 0.05) is 17.5 Å². The molecule has 3 aromatic rings. The van der Waals surface area contributed by atoms with E-state index in [1.165, 1.54) is 30.8 Å². The zero-order valence-corrected chi connectivity index (χ0v) is 15.7. The maximum Gasteiger partial charge on any atom is 0.261 e. The smallest absolute Gasteiger partial charge is 0.261 e. The Morgan fingerprint density at radius 3 is 2.62 bits per heavy atom. The van der Waals surface area contributed by atoms with Crippen molar-refractivity contribution < 1.29 is 13.2 Å². The minimum Gasteiger partial charge on any atom is -0.311 e. The number of carbonyl (C=O) groups is 1. The number of sulfonamides is 1. The summed E-state index contributed by atoms with van der Waals surface area (Å²) in [6.07, 6.45) is 1.57. The molecule has 0 radical (unpaired) electrons. The fourth-order valence-electron chi connectivity index (χ4n) is 2.19. The first-order chi connectivity index (χ1) is 12.4. The van der Waals surface area contributed by atoms with Crippen molar-refractivity contribution in [1.82, 2.24) is 14.8 Å². The third kappa shape index (κ3) is 3.94. The van der Waals surface area contributed by atoms with Crippen molar-refractivity contribution in [2.75, 3.05) is 4.72 Å². The van der Waals surface area contributed by atoms with Gasteiger partial charge in [-0.15, -0.1) is 10.2 Å². The van der Waals surface area contributed by atoms with E-state index in [1.54, 1.807) is 41.2 Å². The SMILES string of the molecule is CC(=O)c1cccc(S(=O)(=O)Nc2ccccc2Sc2nncn2C)c1. The molecule has 1 N–H and O–H groups in total. The predicted octanol–water partition coefficient (Wildman–Crippen LogP) is 2.97. The van der Waals surface area contributed by atoms with Crippen LogP contribution in [0.3, 0.4) is 0 Å². The Bertz CT molecular complexity index is 1060. The first-order valence-corrected chi connectivity index (χ1v) is 9.91. The summed E-state index contributed by atoms with van der Waals surface area (Å²) >= 11 is 1.30. The standard InChI is InChI=1S/C17H16N4O3S2/c1-12(22)13-6-5-7-14(10-13)26(23,24)20-15-8-3-4-9-16(15)25-17-19-18-11-21(17)2/h3-11,20H,1-2H3. The van der Waals surface area contributed by atoms with E-state index in [-0.39, 0.29) is 10.7 Å². The molecule has 3 rings (SSSR count). The van der Waals surface area contributed by atoms with Crippen LogP contribution in [-0.4, -0.2) is 29.0 Å². The van der Waals surface area contributed by atoms with Gasteiger partial charge in [0.15, 0.2) is 10.9 Å². The molecular formula is C17H16N4O3S2. The number of rotatable bonds is 6. The highest BCUT2D eigenvalue weighted by molar-refractivity contribution is 7.99. The van der Waals surface area contributed by atoms with Gasteiger partial charge in [-0.2, -0.15) is 0 Å². The first-order valence-electron chi connectivity index (χ1n) is 7.61. The maximum absolute atomic E-state index is 12.7. The third-order valence-corrected chi connectivity index (χ3v) is 6.04. The summed E-state index contributed by atoms with van der Waals surface area (Å²) < 4.78 is 29.8.